The van der Waals surface area contributed by atoms with Crippen LogP contribution in [0.2, 0.25) is 0 Å². The Balaban J connectivity index is 1.65. The van der Waals surface area contributed by atoms with Crippen molar-refractivity contribution >= 4 is 22.6 Å². The van der Waals surface area contributed by atoms with Crippen LogP contribution < -0.4 is 10.6 Å². The molecule has 1 saturated carbocycles. The molecule has 1 aliphatic carbocycles. The Morgan fingerprint density at radius 2 is 2.06 bits per heavy atom. The summed E-state index contributed by atoms with van der Waals surface area (Å²) in [6, 6.07) is 4.52. The fourth-order valence-electron chi connectivity index (χ4n) is 3.52. The Labute approximate surface area is 192 Å². The fourth-order valence-corrected chi connectivity index (χ4v) is 3.52. The molecule has 3 heterocycles. The second-order valence-corrected chi connectivity index (χ2v) is 8.83. The summed E-state index contributed by atoms with van der Waals surface area (Å²) < 4.78 is 42.2. The summed E-state index contributed by atoms with van der Waals surface area (Å²) in [5.74, 6) is -3.19. The molecular weight excluding hydrogens is 451 g/mol. The Bertz CT molecular complexity index is 1270. The highest BCUT2D eigenvalue weighted by molar-refractivity contribution is 5.99. The number of fused-ring (bicyclic) bond motifs is 1. The first-order valence-corrected chi connectivity index (χ1v) is 10.5. The molecule has 9 nitrogen and oxygen atoms in total. The summed E-state index contributed by atoms with van der Waals surface area (Å²) >= 11 is 0. The molecule has 3 aromatic rings. The van der Waals surface area contributed by atoms with Crippen molar-refractivity contribution in [1.29, 1.82) is 5.26 Å². The van der Waals surface area contributed by atoms with Crippen molar-refractivity contribution in [3.05, 3.63) is 41.9 Å². The van der Waals surface area contributed by atoms with Crippen molar-refractivity contribution < 1.29 is 23.1 Å². The Morgan fingerprint density at radius 1 is 1.32 bits per heavy atom. The van der Waals surface area contributed by atoms with Crippen LogP contribution in [0.4, 0.5) is 18.9 Å². The van der Waals surface area contributed by atoms with Crippen LogP contribution in [-0.2, 0) is 0 Å². The molecule has 0 saturated heterocycles. The largest absolute Gasteiger partial charge is 0.387 e. The molecule has 1 amide bonds. The van der Waals surface area contributed by atoms with Gasteiger partial charge in [0.2, 0.25) is 0 Å². The molecule has 4 rings (SSSR count). The van der Waals surface area contributed by atoms with E-state index < -0.39 is 36.2 Å². The number of nitrogens with one attached hydrogen (secondary N) is 2. The van der Waals surface area contributed by atoms with Gasteiger partial charge in [0.25, 0.3) is 11.8 Å². The maximum Gasteiger partial charge on any atom is 0.255 e. The lowest BCUT2D eigenvalue weighted by Gasteiger charge is -2.36. The molecule has 0 bridgehead atoms. The number of pyridine rings is 2. The van der Waals surface area contributed by atoms with E-state index in [2.05, 4.69) is 25.7 Å². The van der Waals surface area contributed by atoms with Gasteiger partial charge in [0.1, 0.15) is 12.2 Å². The number of nitriles is 1. The third kappa shape index (κ3) is 4.79. The Morgan fingerprint density at radius 3 is 2.71 bits per heavy atom. The van der Waals surface area contributed by atoms with Crippen LogP contribution in [0.3, 0.4) is 0 Å². The fraction of sp³-hybridized carbons (Fsp3) is 0.409. The first kappa shape index (κ1) is 23.4. The van der Waals surface area contributed by atoms with Gasteiger partial charge in [0.15, 0.2) is 11.5 Å². The topological polar surface area (TPSA) is 129 Å². The molecule has 0 aromatic carbocycles. The minimum atomic E-state index is -2.77. The van der Waals surface area contributed by atoms with Gasteiger partial charge in [-0.2, -0.15) is 15.0 Å². The first-order valence-electron chi connectivity index (χ1n) is 10.5. The smallest absolute Gasteiger partial charge is 0.255 e. The zero-order valence-corrected chi connectivity index (χ0v) is 18.4. The quantitative estimate of drug-likeness (QED) is 0.481. The van der Waals surface area contributed by atoms with Crippen LogP contribution in [0.15, 0.2) is 30.7 Å². The summed E-state index contributed by atoms with van der Waals surface area (Å²) in [6.45, 7) is 2.12. The summed E-state index contributed by atoms with van der Waals surface area (Å²) in [7, 11) is 0. The van der Waals surface area contributed by atoms with E-state index in [1.54, 1.807) is 6.07 Å². The zero-order valence-electron chi connectivity index (χ0n) is 18.4. The molecule has 0 unspecified atom stereocenters. The number of hydrogen-bond acceptors (Lipinski definition) is 7. The molecule has 3 aromatic heterocycles. The van der Waals surface area contributed by atoms with E-state index in [9.17, 15) is 23.1 Å². The van der Waals surface area contributed by atoms with Gasteiger partial charge < -0.3 is 15.7 Å². The van der Waals surface area contributed by atoms with Crippen molar-refractivity contribution in [2.75, 3.05) is 11.9 Å². The third-order valence-corrected chi connectivity index (χ3v) is 5.55. The highest BCUT2D eigenvalue weighted by Gasteiger charge is 2.45. The number of halogens is 3. The first-order chi connectivity index (χ1) is 16.0. The van der Waals surface area contributed by atoms with Crippen molar-refractivity contribution in [2.45, 2.75) is 50.4 Å². The van der Waals surface area contributed by atoms with E-state index in [4.69, 9.17) is 5.26 Å². The molecule has 0 aliphatic heterocycles. The van der Waals surface area contributed by atoms with Gasteiger partial charge >= 0.3 is 0 Å². The summed E-state index contributed by atoms with van der Waals surface area (Å²) in [5.41, 5.74) is -0.627. The van der Waals surface area contributed by atoms with Gasteiger partial charge in [-0.3, -0.25) is 4.79 Å². The monoisotopic (exact) mass is 473 g/mol. The van der Waals surface area contributed by atoms with Crippen molar-refractivity contribution in [3.8, 4) is 11.9 Å². The summed E-state index contributed by atoms with van der Waals surface area (Å²) in [4.78, 5) is 21.2. The lowest BCUT2D eigenvalue weighted by atomic mass is 9.88. The highest BCUT2D eigenvalue weighted by atomic mass is 19.3. The van der Waals surface area contributed by atoms with Crippen LogP contribution in [0, 0.1) is 11.3 Å². The maximum absolute atomic E-state index is 14.1. The van der Waals surface area contributed by atoms with Crippen LogP contribution >= 0.6 is 0 Å². The number of nitrogens with zero attached hydrogens (tertiary/aromatic N) is 5. The SMILES string of the molecule is CC(C)(O)[C@H](F)CNC(=O)c1cnc(-n2ncc3cc(C#N)cnc32)cc1NC1CC(F)(F)C1. The second kappa shape index (κ2) is 8.57. The van der Waals surface area contributed by atoms with Crippen LogP contribution in [-0.4, -0.2) is 61.0 Å². The van der Waals surface area contributed by atoms with Gasteiger partial charge in [-0.15, -0.1) is 0 Å². The van der Waals surface area contributed by atoms with Crippen molar-refractivity contribution in [1.82, 2.24) is 25.1 Å². The molecule has 3 N–H and O–H groups in total. The van der Waals surface area contributed by atoms with Crippen LogP contribution in [0.5, 0.6) is 0 Å². The number of aromatic nitrogens is 4. The Kier molecular flexibility index (Phi) is 5.91. The minimum Gasteiger partial charge on any atom is -0.387 e. The number of amides is 1. The maximum atomic E-state index is 14.1. The van der Waals surface area contributed by atoms with E-state index in [1.165, 1.54) is 43.2 Å². The molecule has 178 valence electrons. The van der Waals surface area contributed by atoms with Crippen molar-refractivity contribution in [2.24, 2.45) is 0 Å². The molecule has 0 radical (unpaired) electrons. The van der Waals surface area contributed by atoms with Crippen LogP contribution in [0.1, 0.15) is 42.6 Å². The minimum absolute atomic E-state index is 0.0260. The molecule has 1 atom stereocenters. The normalized spacial score (nSPS) is 16.5. The molecule has 34 heavy (non-hydrogen) atoms. The van der Waals surface area contributed by atoms with Gasteiger partial charge in [-0.1, -0.05) is 0 Å². The number of anilines is 1. The second-order valence-electron chi connectivity index (χ2n) is 8.83. The van der Waals surface area contributed by atoms with Gasteiger partial charge in [-0.05, 0) is 19.9 Å². The predicted molar refractivity (Wildman–Crippen MR) is 116 cm³/mol. The third-order valence-electron chi connectivity index (χ3n) is 5.55. The predicted octanol–water partition coefficient (Wildman–Crippen LogP) is 2.74. The van der Waals surface area contributed by atoms with Crippen molar-refractivity contribution in [3.63, 3.8) is 0 Å². The zero-order chi connectivity index (χ0) is 24.7. The number of hydrogen-bond donors (Lipinski definition) is 3. The number of rotatable bonds is 7. The molecule has 1 aliphatic rings. The molecule has 1 fully saturated rings. The molecule has 12 heteroatoms. The van der Waals surface area contributed by atoms with E-state index in [0.717, 1.165) is 0 Å². The summed E-state index contributed by atoms with van der Waals surface area (Å²) in [6.07, 6.45) is 1.63. The number of alkyl halides is 3. The summed E-state index contributed by atoms with van der Waals surface area (Å²) in [5, 5.41) is 29.0. The van der Waals surface area contributed by atoms with E-state index in [1.807, 2.05) is 6.07 Å². The Hall–Kier alpha value is -3.72. The number of carbonyl (C=O) groups is 1. The standard InChI is InChI=1S/C22H22F3N7O2/c1-21(2,34)17(23)11-29-20(33)15-10-27-18(4-16(15)31-14-5-22(24,25)6-14)32-19-13(9-30-32)3-12(7-26)8-28-19/h3-4,8-10,14,17,34H,5-6,11H2,1-2H3,(H,27,31)(H,29,33)/t17-/m1/s1. The van der Waals surface area contributed by atoms with Gasteiger partial charge in [-0.25, -0.2) is 23.1 Å². The molecule has 0 spiro atoms. The van der Waals surface area contributed by atoms with Gasteiger partial charge in [0.05, 0.1) is 35.2 Å². The number of carbonyl (C=O) groups excluding carboxylic acids is 1. The van der Waals surface area contributed by atoms with E-state index in [-0.39, 0.29) is 29.9 Å². The van der Waals surface area contributed by atoms with Gasteiger partial charge in [0, 0.05) is 42.7 Å². The van der Waals surface area contributed by atoms with Crippen LogP contribution in [0.25, 0.3) is 16.9 Å². The average Bonchev–Trinajstić information content (AvgIpc) is 3.18. The lowest BCUT2D eigenvalue weighted by Crippen LogP contribution is -2.45. The molecular formula is C22H22F3N7O2. The highest BCUT2D eigenvalue weighted by Crippen LogP contribution is 2.39. The average molecular weight is 473 g/mol. The lowest BCUT2D eigenvalue weighted by molar-refractivity contribution is -0.0793. The number of aliphatic hydroxyl groups is 1. The van der Waals surface area contributed by atoms with E-state index in [0.29, 0.717) is 16.6 Å². The van der Waals surface area contributed by atoms with E-state index >= 15 is 0 Å².